The molecular weight excluding hydrogens is 234 g/mol. The van der Waals surface area contributed by atoms with E-state index in [1.165, 1.54) is 0 Å². The number of hydrogen-bond donors (Lipinski definition) is 2. The Morgan fingerprint density at radius 3 is 2.89 bits per heavy atom. The van der Waals surface area contributed by atoms with Crippen LogP contribution in [-0.4, -0.2) is 34.3 Å². The summed E-state index contributed by atoms with van der Waals surface area (Å²) in [6, 6.07) is 5.58. The lowest BCUT2D eigenvalue weighted by atomic mass is 10.3. The van der Waals surface area contributed by atoms with Crippen LogP contribution >= 0.6 is 0 Å². The van der Waals surface area contributed by atoms with Gasteiger partial charge in [0, 0.05) is 19.3 Å². The van der Waals surface area contributed by atoms with E-state index < -0.39 is 0 Å². The molecule has 2 N–H and O–H groups in total. The molecule has 2 aromatic heterocycles. The lowest BCUT2D eigenvalue weighted by Crippen LogP contribution is -2.29. The van der Waals surface area contributed by atoms with Gasteiger partial charge in [0.15, 0.2) is 5.69 Å². The van der Waals surface area contributed by atoms with Crippen molar-refractivity contribution in [3.8, 4) is 0 Å². The molecule has 0 saturated carbocycles. The second kappa shape index (κ2) is 5.76. The Morgan fingerprint density at radius 1 is 1.33 bits per heavy atom. The number of carbonyl (C=O) groups is 1. The molecule has 2 heterocycles. The lowest BCUT2D eigenvalue weighted by molar-refractivity contribution is 0.0945. The molecule has 0 saturated heterocycles. The molecule has 0 spiro atoms. The molecule has 1 amide bonds. The smallest absolute Gasteiger partial charge is 0.275 e. The van der Waals surface area contributed by atoms with Crippen molar-refractivity contribution in [2.45, 2.75) is 6.92 Å². The molecule has 0 radical (unpaired) electrons. The van der Waals surface area contributed by atoms with Gasteiger partial charge < -0.3 is 10.6 Å². The van der Waals surface area contributed by atoms with Crippen molar-refractivity contribution in [1.82, 2.24) is 20.6 Å². The lowest BCUT2D eigenvalue weighted by Gasteiger charge is -2.05. The van der Waals surface area contributed by atoms with E-state index in [0.717, 1.165) is 5.82 Å². The Bertz CT molecular complexity index is 511. The summed E-state index contributed by atoms with van der Waals surface area (Å²) >= 11 is 0. The van der Waals surface area contributed by atoms with Crippen LogP contribution in [0.25, 0.3) is 0 Å². The van der Waals surface area contributed by atoms with Crippen LogP contribution < -0.4 is 10.6 Å². The number of nitrogens with one attached hydrogen (secondary N) is 2. The van der Waals surface area contributed by atoms with Crippen molar-refractivity contribution in [1.29, 1.82) is 0 Å². The predicted octanol–water partition coefficient (Wildman–Crippen LogP) is 0.615. The zero-order valence-electron chi connectivity index (χ0n) is 9.88. The number of rotatable bonds is 5. The van der Waals surface area contributed by atoms with E-state index in [0.29, 0.717) is 18.8 Å². The first-order valence-electron chi connectivity index (χ1n) is 5.49. The highest BCUT2D eigenvalue weighted by atomic mass is 16.6. The van der Waals surface area contributed by atoms with E-state index in [1.807, 2.05) is 18.2 Å². The quantitative estimate of drug-likeness (QED) is 0.752. The Hall–Kier alpha value is -2.44. The maximum Gasteiger partial charge on any atom is 0.275 e. The van der Waals surface area contributed by atoms with E-state index in [9.17, 15) is 4.79 Å². The van der Waals surface area contributed by atoms with Crippen LogP contribution in [0.5, 0.6) is 0 Å². The fraction of sp³-hybridized carbons (Fsp3) is 0.273. The van der Waals surface area contributed by atoms with Crippen LogP contribution in [-0.2, 0) is 0 Å². The second-order valence-corrected chi connectivity index (χ2v) is 3.60. The molecule has 7 heteroatoms. The number of pyridine rings is 1. The molecule has 2 rings (SSSR count). The van der Waals surface area contributed by atoms with Crippen molar-refractivity contribution >= 4 is 11.7 Å². The minimum Gasteiger partial charge on any atom is -0.368 e. The van der Waals surface area contributed by atoms with E-state index in [-0.39, 0.29) is 11.6 Å². The fourth-order valence-corrected chi connectivity index (χ4v) is 1.36. The van der Waals surface area contributed by atoms with E-state index in [2.05, 4.69) is 30.6 Å². The third-order valence-electron chi connectivity index (χ3n) is 2.25. The number of amides is 1. The van der Waals surface area contributed by atoms with Crippen LogP contribution in [0.4, 0.5) is 5.82 Å². The van der Waals surface area contributed by atoms with Crippen LogP contribution in [0.3, 0.4) is 0 Å². The number of nitrogens with zero attached hydrogens (tertiary/aromatic N) is 3. The van der Waals surface area contributed by atoms with Gasteiger partial charge in [-0.15, -0.1) is 0 Å². The molecule has 7 nitrogen and oxygen atoms in total. The standard InChI is InChI=1S/C11H13N5O2/c1-8-10(16-18-15-8)11(17)14-7-6-13-9-4-2-3-5-12-9/h2-5H,6-7H2,1H3,(H,12,13)(H,14,17). The first kappa shape index (κ1) is 12.0. The molecule has 0 aromatic carbocycles. The van der Waals surface area contributed by atoms with Gasteiger partial charge in [-0.1, -0.05) is 11.2 Å². The van der Waals surface area contributed by atoms with Gasteiger partial charge in [-0.3, -0.25) is 4.79 Å². The fourth-order valence-electron chi connectivity index (χ4n) is 1.36. The molecule has 2 aromatic rings. The Morgan fingerprint density at radius 2 is 2.22 bits per heavy atom. The summed E-state index contributed by atoms with van der Waals surface area (Å²) in [7, 11) is 0. The van der Waals surface area contributed by atoms with Gasteiger partial charge in [0.25, 0.3) is 5.91 Å². The molecule has 0 unspecified atom stereocenters. The molecule has 0 aliphatic heterocycles. The summed E-state index contributed by atoms with van der Waals surface area (Å²) in [5, 5.41) is 12.8. The maximum absolute atomic E-state index is 11.6. The predicted molar refractivity (Wildman–Crippen MR) is 64.1 cm³/mol. The number of aryl methyl sites for hydroxylation is 1. The average molecular weight is 247 g/mol. The highest BCUT2D eigenvalue weighted by Crippen LogP contribution is 2.00. The molecule has 94 valence electrons. The summed E-state index contributed by atoms with van der Waals surface area (Å²) < 4.78 is 4.46. The van der Waals surface area contributed by atoms with Crippen molar-refractivity contribution in [2.75, 3.05) is 18.4 Å². The number of carbonyl (C=O) groups excluding carboxylic acids is 1. The van der Waals surface area contributed by atoms with Crippen molar-refractivity contribution < 1.29 is 9.42 Å². The van der Waals surface area contributed by atoms with Gasteiger partial charge in [-0.25, -0.2) is 9.61 Å². The third kappa shape index (κ3) is 3.03. The average Bonchev–Trinajstić information content (AvgIpc) is 2.82. The summed E-state index contributed by atoms with van der Waals surface area (Å²) in [5.74, 6) is 0.475. The van der Waals surface area contributed by atoms with E-state index in [4.69, 9.17) is 0 Å². The Kier molecular flexibility index (Phi) is 3.85. The molecule has 0 bridgehead atoms. The summed E-state index contributed by atoms with van der Waals surface area (Å²) in [5.41, 5.74) is 0.693. The molecule has 0 aliphatic carbocycles. The van der Waals surface area contributed by atoms with Crippen molar-refractivity contribution in [3.63, 3.8) is 0 Å². The maximum atomic E-state index is 11.6. The van der Waals surface area contributed by atoms with Gasteiger partial charge in [0.1, 0.15) is 11.5 Å². The van der Waals surface area contributed by atoms with Crippen LogP contribution in [0.2, 0.25) is 0 Å². The minimum atomic E-state index is -0.295. The topological polar surface area (TPSA) is 92.9 Å². The van der Waals surface area contributed by atoms with Crippen molar-refractivity contribution in [3.05, 3.63) is 35.8 Å². The zero-order chi connectivity index (χ0) is 12.8. The SMILES string of the molecule is Cc1nonc1C(=O)NCCNc1ccccn1. The van der Waals surface area contributed by atoms with Crippen LogP contribution in [0, 0.1) is 6.92 Å². The first-order valence-corrected chi connectivity index (χ1v) is 5.49. The van der Waals surface area contributed by atoms with Gasteiger partial charge >= 0.3 is 0 Å². The number of aromatic nitrogens is 3. The van der Waals surface area contributed by atoms with Crippen molar-refractivity contribution in [2.24, 2.45) is 0 Å². The Balaban J connectivity index is 1.73. The Labute approximate surface area is 104 Å². The second-order valence-electron chi connectivity index (χ2n) is 3.60. The largest absolute Gasteiger partial charge is 0.368 e. The van der Waals surface area contributed by atoms with E-state index in [1.54, 1.807) is 13.1 Å². The monoisotopic (exact) mass is 247 g/mol. The van der Waals surface area contributed by atoms with E-state index >= 15 is 0 Å². The highest BCUT2D eigenvalue weighted by molar-refractivity contribution is 5.92. The summed E-state index contributed by atoms with van der Waals surface area (Å²) in [6.07, 6.45) is 1.70. The molecule has 0 atom stereocenters. The zero-order valence-corrected chi connectivity index (χ0v) is 9.88. The molecule has 18 heavy (non-hydrogen) atoms. The number of hydrogen-bond acceptors (Lipinski definition) is 6. The third-order valence-corrected chi connectivity index (χ3v) is 2.25. The molecular formula is C11H13N5O2. The number of anilines is 1. The van der Waals surface area contributed by atoms with Gasteiger partial charge in [0.05, 0.1) is 0 Å². The highest BCUT2D eigenvalue weighted by Gasteiger charge is 2.13. The first-order chi connectivity index (χ1) is 8.77. The summed E-state index contributed by atoms with van der Waals surface area (Å²) in [4.78, 5) is 15.7. The summed E-state index contributed by atoms with van der Waals surface area (Å²) in [6.45, 7) is 2.70. The molecule has 0 aliphatic rings. The van der Waals surface area contributed by atoms with Gasteiger partial charge in [-0.05, 0) is 24.2 Å². The normalized spacial score (nSPS) is 10.1. The minimum absolute atomic E-state index is 0.216. The van der Waals surface area contributed by atoms with Crippen LogP contribution in [0.15, 0.2) is 29.0 Å². The van der Waals surface area contributed by atoms with Crippen LogP contribution in [0.1, 0.15) is 16.2 Å². The van der Waals surface area contributed by atoms with Gasteiger partial charge in [0.2, 0.25) is 0 Å². The van der Waals surface area contributed by atoms with Gasteiger partial charge in [-0.2, -0.15) is 0 Å². The molecule has 0 fully saturated rings.